The normalized spacial score (nSPS) is 19.6. The number of thiophene rings is 1. The molecule has 0 fully saturated rings. The van der Waals surface area contributed by atoms with Crippen molar-refractivity contribution in [2.45, 2.75) is 12.5 Å². The summed E-state index contributed by atoms with van der Waals surface area (Å²) in [6.45, 7) is 0.823. The Bertz CT molecular complexity index is 849. The maximum absolute atomic E-state index is 13.3. The molecule has 2 aliphatic rings. The standard InChI is InChI=1S/C18H16FN3OS3/c19-13-5-3-12(4-6-13)15-10-14(16-2-1-8-24-16)21-22(15)17(23)11-26-18-20-7-9-25-18/h1-6,8,15H,7,9-11H2/t15-/m1/s1. The Balaban J connectivity index is 1.55. The second kappa shape index (κ2) is 7.94. The fraction of sp³-hybridized carbons (Fsp3) is 0.278. The van der Waals surface area contributed by atoms with Crippen LogP contribution in [0.3, 0.4) is 0 Å². The first-order chi connectivity index (χ1) is 12.7. The topological polar surface area (TPSA) is 45.0 Å². The van der Waals surface area contributed by atoms with Crippen molar-refractivity contribution in [2.75, 3.05) is 18.1 Å². The second-order valence-corrected chi connectivity index (χ2v) is 9.07. The molecule has 2 aliphatic heterocycles. The molecule has 26 heavy (non-hydrogen) atoms. The van der Waals surface area contributed by atoms with Crippen LogP contribution >= 0.6 is 34.9 Å². The van der Waals surface area contributed by atoms with E-state index in [1.54, 1.807) is 40.2 Å². The van der Waals surface area contributed by atoms with Crippen LogP contribution in [0, 0.1) is 5.82 Å². The molecule has 1 atom stereocenters. The highest BCUT2D eigenvalue weighted by atomic mass is 32.2. The van der Waals surface area contributed by atoms with Gasteiger partial charge in [-0.1, -0.05) is 41.7 Å². The third-order valence-electron chi connectivity index (χ3n) is 4.10. The van der Waals surface area contributed by atoms with Crippen molar-refractivity contribution in [2.24, 2.45) is 10.1 Å². The van der Waals surface area contributed by atoms with Crippen molar-refractivity contribution in [3.8, 4) is 0 Å². The van der Waals surface area contributed by atoms with Crippen molar-refractivity contribution in [3.63, 3.8) is 0 Å². The van der Waals surface area contributed by atoms with Crippen LogP contribution in [0.25, 0.3) is 0 Å². The maximum atomic E-state index is 13.3. The van der Waals surface area contributed by atoms with Gasteiger partial charge in [0.15, 0.2) is 0 Å². The van der Waals surface area contributed by atoms with Gasteiger partial charge in [0.25, 0.3) is 5.91 Å². The van der Waals surface area contributed by atoms with E-state index in [4.69, 9.17) is 0 Å². The summed E-state index contributed by atoms with van der Waals surface area (Å²) in [7, 11) is 0. The molecule has 4 nitrogen and oxygen atoms in total. The Kier molecular flexibility index (Phi) is 5.42. The molecule has 1 amide bonds. The summed E-state index contributed by atoms with van der Waals surface area (Å²) in [6.07, 6.45) is 0.637. The van der Waals surface area contributed by atoms with E-state index >= 15 is 0 Å². The quantitative estimate of drug-likeness (QED) is 0.757. The molecule has 8 heteroatoms. The highest BCUT2D eigenvalue weighted by Crippen LogP contribution is 2.34. The molecule has 2 aromatic rings. The zero-order valence-corrected chi connectivity index (χ0v) is 16.2. The molecule has 1 aromatic heterocycles. The fourth-order valence-electron chi connectivity index (χ4n) is 2.87. The van der Waals surface area contributed by atoms with Gasteiger partial charge in [-0.15, -0.1) is 11.3 Å². The van der Waals surface area contributed by atoms with E-state index in [2.05, 4.69) is 10.1 Å². The SMILES string of the molecule is O=C(CSC1=NCCS1)N1N=C(c2cccs2)C[C@@H]1c1ccc(F)cc1. The molecule has 0 spiro atoms. The highest BCUT2D eigenvalue weighted by Gasteiger charge is 2.33. The number of nitrogens with zero attached hydrogens (tertiary/aromatic N) is 3. The number of halogens is 1. The van der Waals surface area contributed by atoms with Gasteiger partial charge in [-0.2, -0.15) is 5.10 Å². The van der Waals surface area contributed by atoms with Crippen molar-refractivity contribution in [1.82, 2.24) is 5.01 Å². The Hall–Kier alpha value is -1.64. The first-order valence-electron chi connectivity index (χ1n) is 8.19. The van der Waals surface area contributed by atoms with Crippen LogP contribution in [0.2, 0.25) is 0 Å². The monoisotopic (exact) mass is 405 g/mol. The van der Waals surface area contributed by atoms with E-state index in [0.29, 0.717) is 12.2 Å². The van der Waals surface area contributed by atoms with Gasteiger partial charge >= 0.3 is 0 Å². The lowest BCUT2D eigenvalue weighted by Crippen LogP contribution is -2.28. The van der Waals surface area contributed by atoms with Crippen LogP contribution in [0.5, 0.6) is 0 Å². The summed E-state index contributed by atoms with van der Waals surface area (Å²) < 4.78 is 14.3. The van der Waals surface area contributed by atoms with Crippen LogP contribution in [0.1, 0.15) is 22.9 Å². The smallest absolute Gasteiger partial charge is 0.253 e. The Morgan fingerprint density at radius 2 is 2.15 bits per heavy atom. The van der Waals surface area contributed by atoms with Gasteiger partial charge < -0.3 is 0 Å². The summed E-state index contributed by atoms with van der Waals surface area (Å²) in [6, 6.07) is 10.1. The average Bonchev–Trinajstić information content (AvgIpc) is 3.41. The Morgan fingerprint density at radius 3 is 2.85 bits per heavy atom. The van der Waals surface area contributed by atoms with Gasteiger partial charge in [0.2, 0.25) is 0 Å². The molecule has 1 aromatic carbocycles. The first-order valence-corrected chi connectivity index (χ1v) is 11.0. The largest absolute Gasteiger partial charge is 0.272 e. The van der Waals surface area contributed by atoms with Crippen molar-refractivity contribution < 1.29 is 9.18 Å². The third kappa shape index (κ3) is 3.87. The molecule has 0 N–H and O–H groups in total. The van der Waals surface area contributed by atoms with Crippen molar-refractivity contribution in [3.05, 3.63) is 58.0 Å². The molecule has 0 saturated heterocycles. The van der Waals surface area contributed by atoms with Crippen LogP contribution in [-0.4, -0.2) is 39.1 Å². The molecular weight excluding hydrogens is 389 g/mol. The zero-order chi connectivity index (χ0) is 17.9. The number of hydrogen-bond acceptors (Lipinski definition) is 6. The summed E-state index contributed by atoms with van der Waals surface area (Å²) in [4.78, 5) is 18.3. The number of amides is 1. The number of rotatable bonds is 4. The number of hydrazone groups is 1. The molecule has 0 saturated carbocycles. The number of aliphatic imine (C=N–C) groups is 1. The molecule has 0 radical (unpaired) electrons. The van der Waals surface area contributed by atoms with Crippen LogP contribution in [-0.2, 0) is 4.79 Å². The Labute approximate surface area is 163 Å². The van der Waals surface area contributed by atoms with Crippen LogP contribution in [0.4, 0.5) is 4.39 Å². The lowest BCUT2D eigenvalue weighted by molar-refractivity contribution is -0.130. The van der Waals surface area contributed by atoms with Crippen LogP contribution in [0.15, 0.2) is 51.9 Å². The van der Waals surface area contributed by atoms with Gasteiger partial charge in [-0.25, -0.2) is 9.40 Å². The maximum Gasteiger partial charge on any atom is 0.253 e. The average molecular weight is 406 g/mol. The minimum Gasteiger partial charge on any atom is -0.272 e. The van der Waals surface area contributed by atoms with Gasteiger partial charge in [0.1, 0.15) is 10.2 Å². The number of carbonyl (C=O) groups excluding carboxylic acids is 1. The minimum absolute atomic E-state index is 0.0499. The summed E-state index contributed by atoms with van der Waals surface area (Å²) >= 11 is 4.77. The molecule has 4 rings (SSSR count). The second-order valence-electron chi connectivity index (χ2n) is 5.82. The van der Waals surface area contributed by atoms with E-state index in [1.165, 1.54) is 23.9 Å². The highest BCUT2D eigenvalue weighted by molar-refractivity contribution is 8.39. The van der Waals surface area contributed by atoms with Gasteiger partial charge in [-0.3, -0.25) is 9.79 Å². The molecule has 134 valence electrons. The van der Waals surface area contributed by atoms with Gasteiger partial charge in [0.05, 0.1) is 28.9 Å². The number of benzene rings is 1. The predicted molar refractivity (Wildman–Crippen MR) is 109 cm³/mol. The molecule has 0 aliphatic carbocycles. The molecule has 3 heterocycles. The van der Waals surface area contributed by atoms with E-state index in [1.807, 2.05) is 17.5 Å². The minimum atomic E-state index is -0.282. The van der Waals surface area contributed by atoms with E-state index in [0.717, 1.165) is 32.8 Å². The lowest BCUT2D eigenvalue weighted by Gasteiger charge is -2.22. The zero-order valence-electron chi connectivity index (χ0n) is 13.8. The van der Waals surface area contributed by atoms with Gasteiger partial charge in [0, 0.05) is 12.2 Å². The summed E-state index contributed by atoms with van der Waals surface area (Å²) in [5.74, 6) is 0.964. The number of carbonyl (C=O) groups is 1. The fourth-order valence-corrected chi connectivity index (χ4v) is 5.45. The van der Waals surface area contributed by atoms with Crippen LogP contribution < -0.4 is 0 Å². The lowest BCUT2D eigenvalue weighted by atomic mass is 10.0. The summed E-state index contributed by atoms with van der Waals surface area (Å²) in [5, 5.41) is 8.18. The summed E-state index contributed by atoms with van der Waals surface area (Å²) in [5.41, 5.74) is 1.80. The number of thioether (sulfide) groups is 2. The third-order valence-corrected chi connectivity index (χ3v) is 7.26. The predicted octanol–water partition coefficient (Wildman–Crippen LogP) is 4.40. The van der Waals surface area contributed by atoms with E-state index in [-0.39, 0.29) is 17.8 Å². The molecular formula is C18H16FN3OS3. The number of hydrogen-bond donors (Lipinski definition) is 0. The molecule has 0 bridgehead atoms. The van der Waals surface area contributed by atoms with E-state index in [9.17, 15) is 9.18 Å². The first kappa shape index (κ1) is 17.8. The van der Waals surface area contributed by atoms with E-state index < -0.39 is 0 Å². The van der Waals surface area contributed by atoms with Crippen molar-refractivity contribution in [1.29, 1.82) is 0 Å². The Morgan fingerprint density at radius 1 is 1.31 bits per heavy atom. The van der Waals surface area contributed by atoms with Crippen molar-refractivity contribution >= 4 is 50.9 Å². The molecule has 0 unspecified atom stereocenters. The van der Waals surface area contributed by atoms with Gasteiger partial charge in [-0.05, 0) is 29.1 Å².